The van der Waals surface area contributed by atoms with E-state index in [1.165, 1.54) is 11.1 Å². The first kappa shape index (κ1) is 11.7. The van der Waals surface area contributed by atoms with E-state index < -0.39 is 0 Å². The number of rotatable bonds is 2. The van der Waals surface area contributed by atoms with Gasteiger partial charge in [-0.15, -0.1) is 0 Å². The number of pyridine rings is 1. The van der Waals surface area contributed by atoms with Crippen LogP contribution in [0, 0.1) is 0 Å². The van der Waals surface area contributed by atoms with E-state index >= 15 is 0 Å². The maximum atomic E-state index is 12.2. The molecule has 1 aromatic heterocycles. The van der Waals surface area contributed by atoms with Crippen LogP contribution < -0.4 is 11.1 Å². The molecule has 1 heterocycles. The first-order valence-electron chi connectivity index (χ1n) is 6.35. The summed E-state index contributed by atoms with van der Waals surface area (Å²) in [7, 11) is 0. The Bertz CT molecular complexity index is 624. The van der Waals surface area contributed by atoms with E-state index in [0.717, 1.165) is 12.8 Å². The van der Waals surface area contributed by atoms with Crippen molar-refractivity contribution in [2.24, 2.45) is 0 Å². The maximum Gasteiger partial charge on any atom is 0.255 e. The summed E-state index contributed by atoms with van der Waals surface area (Å²) in [6.45, 7) is 0. The van der Waals surface area contributed by atoms with E-state index in [-0.39, 0.29) is 17.8 Å². The molecule has 4 heteroatoms. The first-order valence-corrected chi connectivity index (χ1v) is 6.35. The average molecular weight is 253 g/mol. The van der Waals surface area contributed by atoms with E-state index in [1.807, 2.05) is 12.1 Å². The molecule has 0 unspecified atom stereocenters. The largest absolute Gasteiger partial charge is 0.383 e. The van der Waals surface area contributed by atoms with Gasteiger partial charge in [0, 0.05) is 6.20 Å². The number of aromatic nitrogens is 1. The molecule has 0 saturated heterocycles. The quantitative estimate of drug-likeness (QED) is 0.861. The van der Waals surface area contributed by atoms with Crippen molar-refractivity contribution < 1.29 is 4.79 Å². The minimum absolute atomic E-state index is 0.0725. The Morgan fingerprint density at radius 2 is 2.11 bits per heavy atom. The smallest absolute Gasteiger partial charge is 0.255 e. The third-order valence-electron chi connectivity index (χ3n) is 3.52. The van der Waals surface area contributed by atoms with Crippen molar-refractivity contribution in [3.05, 3.63) is 59.3 Å². The number of nitrogen functional groups attached to an aromatic ring is 1. The zero-order chi connectivity index (χ0) is 13.2. The second-order valence-corrected chi connectivity index (χ2v) is 4.70. The SMILES string of the molecule is Nc1ncccc1C(=O)N[C@@H]1CCc2ccccc21. The van der Waals surface area contributed by atoms with Crippen LogP contribution in [0.15, 0.2) is 42.6 Å². The number of hydrogen-bond donors (Lipinski definition) is 2. The molecule has 3 rings (SSSR count). The summed E-state index contributed by atoms with van der Waals surface area (Å²) in [6.07, 6.45) is 3.52. The summed E-state index contributed by atoms with van der Waals surface area (Å²) in [5, 5.41) is 3.03. The highest BCUT2D eigenvalue weighted by atomic mass is 16.1. The molecule has 0 aliphatic heterocycles. The standard InChI is InChI=1S/C15H15N3O/c16-14-12(6-3-9-17-14)15(19)18-13-8-7-10-4-1-2-5-11(10)13/h1-6,9,13H,7-8H2,(H2,16,17)(H,18,19)/t13-/m1/s1. The first-order chi connectivity index (χ1) is 9.25. The van der Waals surface area contributed by atoms with Gasteiger partial charge in [-0.1, -0.05) is 24.3 Å². The molecule has 2 aromatic rings. The number of benzene rings is 1. The van der Waals surface area contributed by atoms with E-state index in [2.05, 4.69) is 22.4 Å². The Morgan fingerprint density at radius 1 is 1.26 bits per heavy atom. The van der Waals surface area contributed by atoms with Crippen molar-refractivity contribution in [2.45, 2.75) is 18.9 Å². The average Bonchev–Trinajstić information content (AvgIpc) is 2.83. The number of nitrogens with one attached hydrogen (secondary N) is 1. The topological polar surface area (TPSA) is 68.0 Å². The molecule has 0 saturated carbocycles. The predicted molar refractivity (Wildman–Crippen MR) is 73.6 cm³/mol. The number of aryl methyl sites for hydroxylation is 1. The van der Waals surface area contributed by atoms with Gasteiger partial charge in [-0.3, -0.25) is 4.79 Å². The van der Waals surface area contributed by atoms with Gasteiger partial charge in [0.2, 0.25) is 0 Å². The fraction of sp³-hybridized carbons (Fsp3) is 0.200. The highest BCUT2D eigenvalue weighted by Gasteiger charge is 2.24. The second-order valence-electron chi connectivity index (χ2n) is 4.70. The number of nitrogens with two attached hydrogens (primary N) is 1. The van der Waals surface area contributed by atoms with Gasteiger partial charge in [0.1, 0.15) is 5.82 Å². The minimum Gasteiger partial charge on any atom is -0.383 e. The molecule has 19 heavy (non-hydrogen) atoms. The molecule has 0 bridgehead atoms. The highest BCUT2D eigenvalue weighted by Crippen LogP contribution is 2.30. The van der Waals surface area contributed by atoms with Crippen molar-refractivity contribution in [1.29, 1.82) is 0 Å². The molecule has 0 spiro atoms. The van der Waals surface area contributed by atoms with E-state index in [9.17, 15) is 4.79 Å². The molecule has 1 aliphatic rings. The van der Waals surface area contributed by atoms with Gasteiger partial charge in [0.15, 0.2) is 0 Å². The van der Waals surface area contributed by atoms with Crippen LogP contribution >= 0.6 is 0 Å². The zero-order valence-electron chi connectivity index (χ0n) is 10.5. The molecule has 1 atom stereocenters. The second kappa shape index (κ2) is 4.72. The molecular formula is C15H15N3O. The van der Waals surface area contributed by atoms with Crippen LogP contribution in [0.3, 0.4) is 0 Å². The normalized spacial score (nSPS) is 16.9. The fourth-order valence-electron chi connectivity index (χ4n) is 2.55. The lowest BCUT2D eigenvalue weighted by Gasteiger charge is -2.14. The van der Waals surface area contributed by atoms with Crippen LogP contribution in [-0.2, 0) is 6.42 Å². The molecule has 0 radical (unpaired) electrons. The molecule has 4 nitrogen and oxygen atoms in total. The fourth-order valence-corrected chi connectivity index (χ4v) is 2.55. The molecule has 1 amide bonds. The lowest BCUT2D eigenvalue weighted by Crippen LogP contribution is -2.28. The van der Waals surface area contributed by atoms with Crippen LogP contribution in [0.4, 0.5) is 5.82 Å². The summed E-state index contributed by atoms with van der Waals surface area (Å²) < 4.78 is 0. The Morgan fingerprint density at radius 3 is 2.95 bits per heavy atom. The lowest BCUT2D eigenvalue weighted by molar-refractivity contribution is 0.0937. The Balaban J connectivity index is 1.81. The maximum absolute atomic E-state index is 12.2. The summed E-state index contributed by atoms with van der Waals surface area (Å²) in [6, 6.07) is 11.7. The van der Waals surface area contributed by atoms with Crippen LogP contribution in [0.25, 0.3) is 0 Å². The third-order valence-corrected chi connectivity index (χ3v) is 3.52. The van der Waals surface area contributed by atoms with Crippen LogP contribution in [0.5, 0.6) is 0 Å². The summed E-state index contributed by atoms with van der Waals surface area (Å²) in [5.74, 6) is 0.110. The molecular weight excluding hydrogens is 238 g/mol. The number of fused-ring (bicyclic) bond motifs is 1. The van der Waals surface area contributed by atoms with Gasteiger partial charge in [-0.05, 0) is 36.1 Å². The number of hydrogen-bond acceptors (Lipinski definition) is 3. The van der Waals surface area contributed by atoms with Gasteiger partial charge in [0.25, 0.3) is 5.91 Å². The van der Waals surface area contributed by atoms with Gasteiger partial charge < -0.3 is 11.1 Å². The monoisotopic (exact) mass is 253 g/mol. The van der Waals surface area contributed by atoms with Crippen LogP contribution in [0.1, 0.15) is 33.9 Å². The Kier molecular flexibility index (Phi) is 2.91. The molecule has 1 aliphatic carbocycles. The summed E-state index contributed by atoms with van der Waals surface area (Å²) in [4.78, 5) is 16.1. The molecule has 3 N–H and O–H groups in total. The van der Waals surface area contributed by atoms with Gasteiger partial charge >= 0.3 is 0 Å². The third kappa shape index (κ3) is 2.17. The number of carbonyl (C=O) groups is 1. The van der Waals surface area contributed by atoms with Crippen molar-refractivity contribution >= 4 is 11.7 Å². The number of nitrogens with zero attached hydrogens (tertiary/aromatic N) is 1. The summed E-state index contributed by atoms with van der Waals surface area (Å²) in [5.41, 5.74) is 8.67. The van der Waals surface area contributed by atoms with Crippen LogP contribution in [-0.4, -0.2) is 10.9 Å². The van der Waals surface area contributed by atoms with Crippen molar-refractivity contribution in [1.82, 2.24) is 10.3 Å². The van der Waals surface area contributed by atoms with Gasteiger partial charge in [0.05, 0.1) is 11.6 Å². The number of carbonyl (C=O) groups excluding carboxylic acids is 1. The highest BCUT2D eigenvalue weighted by molar-refractivity contribution is 5.98. The van der Waals surface area contributed by atoms with E-state index in [1.54, 1.807) is 18.3 Å². The Hall–Kier alpha value is -2.36. The van der Waals surface area contributed by atoms with Crippen molar-refractivity contribution in [2.75, 3.05) is 5.73 Å². The molecule has 1 aromatic carbocycles. The summed E-state index contributed by atoms with van der Waals surface area (Å²) >= 11 is 0. The number of amides is 1. The number of anilines is 1. The lowest BCUT2D eigenvalue weighted by atomic mass is 10.1. The van der Waals surface area contributed by atoms with Gasteiger partial charge in [-0.2, -0.15) is 0 Å². The molecule has 0 fully saturated rings. The van der Waals surface area contributed by atoms with E-state index in [0.29, 0.717) is 5.56 Å². The van der Waals surface area contributed by atoms with Crippen molar-refractivity contribution in [3.63, 3.8) is 0 Å². The Labute approximate surface area is 111 Å². The van der Waals surface area contributed by atoms with Crippen LogP contribution in [0.2, 0.25) is 0 Å². The zero-order valence-corrected chi connectivity index (χ0v) is 10.5. The minimum atomic E-state index is -0.160. The van der Waals surface area contributed by atoms with Crippen molar-refractivity contribution in [3.8, 4) is 0 Å². The van der Waals surface area contributed by atoms with Gasteiger partial charge in [-0.25, -0.2) is 4.98 Å². The molecule has 96 valence electrons. The predicted octanol–water partition coefficient (Wildman–Crippen LogP) is 2.08. The van der Waals surface area contributed by atoms with E-state index in [4.69, 9.17) is 5.73 Å².